The molecule has 0 atom stereocenters. The predicted molar refractivity (Wildman–Crippen MR) is 64.3 cm³/mol. The molecular formula is C12H13N3O3. The van der Waals surface area contributed by atoms with Crippen LogP contribution < -0.4 is 11.1 Å². The van der Waals surface area contributed by atoms with Crippen molar-refractivity contribution in [1.82, 2.24) is 10.3 Å². The van der Waals surface area contributed by atoms with Crippen molar-refractivity contribution in [1.29, 1.82) is 0 Å². The molecule has 0 aliphatic carbocycles. The van der Waals surface area contributed by atoms with Gasteiger partial charge in [-0.2, -0.15) is 0 Å². The van der Waals surface area contributed by atoms with Gasteiger partial charge in [-0.3, -0.25) is 14.6 Å². The summed E-state index contributed by atoms with van der Waals surface area (Å²) in [6.45, 7) is -0.124. The molecule has 0 aromatic carbocycles. The van der Waals surface area contributed by atoms with Crippen LogP contribution in [0.5, 0.6) is 0 Å². The molecule has 94 valence electrons. The van der Waals surface area contributed by atoms with Crippen LogP contribution in [0.2, 0.25) is 0 Å². The Morgan fingerprint density at radius 1 is 1.50 bits per heavy atom. The van der Waals surface area contributed by atoms with E-state index in [1.807, 2.05) is 0 Å². The van der Waals surface area contributed by atoms with E-state index in [-0.39, 0.29) is 25.5 Å². The summed E-state index contributed by atoms with van der Waals surface area (Å²) in [5, 5.41) is 11.2. The molecule has 6 heteroatoms. The van der Waals surface area contributed by atoms with E-state index in [2.05, 4.69) is 22.1 Å². The number of nitrogens with one attached hydrogen (secondary N) is 1. The standard InChI is InChI=1S/C12H13N3O3/c13-11(17)4-6-15-12(18)10-3-5-14-8-9(10)2-1-7-16/h3,5,8,16H,4,6-7H2,(H2,13,17)(H,15,18). The van der Waals surface area contributed by atoms with Gasteiger partial charge >= 0.3 is 0 Å². The zero-order chi connectivity index (χ0) is 13.4. The Morgan fingerprint density at radius 2 is 2.28 bits per heavy atom. The van der Waals surface area contributed by atoms with E-state index in [1.165, 1.54) is 18.5 Å². The van der Waals surface area contributed by atoms with Crippen LogP contribution >= 0.6 is 0 Å². The van der Waals surface area contributed by atoms with Crippen molar-refractivity contribution in [2.45, 2.75) is 6.42 Å². The van der Waals surface area contributed by atoms with Gasteiger partial charge in [0, 0.05) is 25.4 Å². The second-order valence-electron chi connectivity index (χ2n) is 3.35. The number of hydrogen-bond donors (Lipinski definition) is 3. The van der Waals surface area contributed by atoms with Gasteiger partial charge in [0.2, 0.25) is 5.91 Å². The Labute approximate surface area is 104 Å². The van der Waals surface area contributed by atoms with Crippen molar-refractivity contribution in [3.05, 3.63) is 29.6 Å². The summed E-state index contributed by atoms with van der Waals surface area (Å²) in [5.41, 5.74) is 5.73. The molecule has 2 amide bonds. The first-order valence-corrected chi connectivity index (χ1v) is 5.25. The molecule has 6 nitrogen and oxygen atoms in total. The second kappa shape index (κ2) is 7.04. The summed E-state index contributed by atoms with van der Waals surface area (Å²) in [6.07, 6.45) is 2.98. The fourth-order valence-corrected chi connectivity index (χ4v) is 1.22. The second-order valence-corrected chi connectivity index (χ2v) is 3.35. The molecule has 18 heavy (non-hydrogen) atoms. The first-order chi connectivity index (χ1) is 8.65. The summed E-state index contributed by atoms with van der Waals surface area (Å²) >= 11 is 0. The van der Waals surface area contributed by atoms with Crippen LogP contribution in [0.25, 0.3) is 0 Å². The van der Waals surface area contributed by atoms with Gasteiger partial charge in [-0.1, -0.05) is 11.8 Å². The summed E-state index contributed by atoms with van der Waals surface area (Å²) in [5.74, 6) is 4.23. The lowest BCUT2D eigenvalue weighted by atomic mass is 10.1. The molecule has 0 bridgehead atoms. The molecule has 0 spiro atoms. The minimum atomic E-state index is -0.481. The molecule has 4 N–H and O–H groups in total. The van der Waals surface area contributed by atoms with Gasteiger partial charge in [-0.05, 0) is 6.07 Å². The van der Waals surface area contributed by atoms with Crippen LogP contribution in [-0.4, -0.2) is 35.1 Å². The van der Waals surface area contributed by atoms with Crippen molar-refractivity contribution >= 4 is 11.8 Å². The number of aromatic nitrogens is 1. The average molecular weight is 247 g/mol. The summed E-state index contributed by atoms with van der Waals surface area (Å²) < 4.78 is 0. The first kappa shape index (κ1) is 13.7. The Balaban J connectivity index is 2.75. The van der Waals surface area contributed by atoms with E-state index in [1.54, 1.807) is 0 Å². The molecule has 1 heterocycles. The minimum absolute atomic E-state index is 0.0779. The largest absolute Gasteiger partial charge is 0.384 e. The maximum Gasteiger partial charge on any atom is 0.252 e. The van der Waals surface area contributed by atoms with Gasteiger partial charge in [0.25, 0.3) is 5.91 Å². The minimum Gasteiger partial charge on any atom is -0.384 e. The Bertz CT molecular complexity index is 503. The molecule has 1 aromatic rings. The topological polar surface area (TPSA) is 105 Å². The van der Waals surface area contributed by atoms with Gasteiger partial charge < -0.3 is 16.2 Å². The van der Waals surface area contributed by atoms with Gasteiger partial charge in [0.15, 0.2) is 0 Å². The van der Waals surface area contributed by atoms with E-state index in [0.717, 1.165) is 0 Å². The fourth-order valence-electron chi connectivity index (χ4n) is 1.22. The maximum atomic E-state index is 11.8. The van der Waals surface area contributed by atoms with Crippen molar-refractivity contribution < 1.29 is 14.7 Å². The van der Waals surface area contributed by atoms with Crippen molar-refractivity contribution in [2.24, 2.45) is 5.73 Å². The number of amides is 2. The lowest BCUT2D eigenvalue weighted by Gasteiger charge is -2.05. The predicted octanol–water partition coefficient (Wildman–Crippen LogP) is -0.969. The highest BCUT2D eigenvalue weighted by Crippen LogP contribution is 2.05. The highest BCUT2D eigenvalue weighted by atomic mass is 16.2. The number of carbonyl (C=O) groups excluding carboxylic acids is 2. The number of aliphatic hydroxyl groups is 1. The maximum absolute atomic E-state index is 11.8. The lowest BCUT2D eigenvalue weighted by Crippen LogP contribution is -2.28. The number of nitrogens with zero attached hydrogens (tertiary/aromatic N) is 1. The molecule has 0 radical (unpaired) electrons. The number of rotatable bonds is 4. The van der Waals surface area contributed by atoms with Crippen LogP contribution in [0.4, 0.5) is 0 Å². The third-order valence-corrected chi connectivity index (χ3v) is 2.02. The van der Waals surface area contributed by atoms with E-state index < -0.39 is 5.91 Å². The number of carbonyl (C=O) groups is 2. The van der Waals surface area contributed by atoms with Crippen molar-refractivity contribution in [3.8, 4) is 11.8 Å². The zero-order valence-electron chi connectivity index (χ0n) is 9.64. The molecule has 0 aliphatic heterocycles. The third-order valence-electron chi connectivity index (χ3n) is 2.02. The molecule has 0 saturated carbocycles. The number of pyridine rings is 1. The molecule has 0 aliphatic rings. The first-order valence-electron chi connectivity index (χ1n) is 5.25. The molecular weight excluding hydrogens is 234 g/mol. The highest BCUT2D eigenvalue weighted by Gasteiger charge is 2.09. The number of hydrogen-bond acceptors (Lipinski definition) is 4. The third kappa shape index (κ3) is 4.23. The molecule has 1 aromatic heterocycles. The molecule has 0 unspecified atom stereocenters. The van der Waals surface area contributed by atoms with Crippen LogP contribution in [0, 0.1) is 11.8 Å². The Morgan fingerprint density at radius 3 is 2.94 bits per heavy atom. The fraction of sp³-hybridized carbons (Fsp3) is 0.250. The Hall–Kier alpha value is -2.39. The quantitative estimate of drug-likeness (QED) is 0.595. The lowest BCUT2D eigenvalue weighted by molar-refractivity contribution is -0.117. The Kier molecular flexibility index (Phi) is 5.35. The summed E-state index contributed by atoms with van der Waals surface area (Å²) in [6, 6.07) is 1.51. The molecule has 0 fully saturated rings. The van der Waals surface area contributed by atoms with Gasteiger partial charge in [-0.25, -0.2) is 0 Å². The van der Waals surface area contributed by atoms with Crippen molar-refractivity contribution in [3.63, 3.8) is 0 Å². The summed E-state index contributed by atoms with van der Waals surface area (Å²) in [7, 11) is 0. The molecule has 1 rings (SSSR count). The van der Waals surface area contributed by atoms with Gasteiger partial charge in [0.05, 0.1) is 11.1 Å². The van der Waals surface area contributed by atoms with Crippen molar-refractivity contribution in [2.75, 3.05) is 13.2 Å². The van der Waals surface area contributed by atoms with Crippen LogP contribution in [0.1, 0.15) is 22.3 Å². The highest BCUT2D eigenvalue weighted by molar-refractivity contribution is 5.96. The van der Waals surface area contributed by atoms with Crippen LogP contribution in [-0.2, 0) is 4.79 Å². The average Bonchev–Trinajstić information content (AvgIpc) is 2.36. The normalized spacial score (nSPS) is 9.17. The SMILES string of the molecule is NC(=O)CCNC(=O)c1ccncc1C#CCO. The summed E-state index contributed by atoms with van der Waals surface area (Å²) in [4.78, 5) is 26.2. The zero-order valence-corrected chi connectivity index (χ0v) is 9.64. The molecule has 0 saturated heterocycles. The van der Waals surface area contributed by atoms with E-state index in [9.17, 15) is 9.59 Å². The smallest absolute Gasteiger partial charge is 0.252 e. The number of aliphatic hydroxyl groups excluding tert-OH is 1. The van der Waals surface area contributed by atoms with E-state index in [4.69, 9.17) is 10.8 Å². The number of nitrogens with two attached hydrogens (primary N) is 1. The monoisotopic (exact) mass is 247 g/mol. The van der Waals surface area contributed by atoms with E-state index >= 15 is 0 Å². The van der Waals surface area contributed by atoms with Gasteiger partial charge in [0.1, 0.15) is 6.61 Å². The van der Waals surface area contributed by atoms with Crippen LogP contribution in [0.3, 0.4) is 0 Å². The number of primary amides is 1. The van der Waals surface area contributed by atoms with Gasteiger partial charge in [-0.15, -0.1) is 0 Å². The van der Waals surface area contributed by atoms with Crippen LogP contribution in [0.15, 0.2) is 18.5 Å². The van der Waals surface area contributed by atoms with E-state index in [0.29, 0.717) is 11.1 Å².